The average Bonchev–Trinajstić information content (AvgIpc) is 2.62. The number of nitrogens with zero attached hydrogens (tertiary/aromatic N) is 1. The molecule has 1 N–H and O–H groups in total. The lowest BCUT2D eigenvalue weighted by atomic mass is 9.95. The summed E-state index contributed by atoms with van der Waals surface area (Å²) in [5.41, 5.74) is -0.388. The van der Waals surface area contributed by atoms with Gasteiger partial charge in [0.15, 0.2) is 0 Å². The van der Waals surface area contributed by atoms with E-state index in [1.54, 1.807) is 0 Å². The van der Waals surface area contributed by atoms with E-state index in [1.165, 1.54) is 0 Å². The maximum absolute atomic E-state index is 11.1. The molecule has 1 rings (SSSR count). The van der Waals surface area contributed by atoms with Crippen LogP contribution in [0.25, 0.3) is 0 Å². The van der Waals surface area contributed by atoms with Gasteiger partial charge in [0.05, 0.1) is 0 Å². The summed E-state index contributed by atoms with van der Waals surface area (Å²) in [6.45, 7) is 6.93. The van der Waals surface area contributed by atoms with Gasteiger partial charge >= 0.3 is 0 Å². The lowest BCUT2D eigenvalue weighted by Gasteiger charge is -2.31. The Hall–Kier alpha value is -0.900. The number of amidine groups is 1. The Balaban J connectivity index is 2.81. The predicted octanol–water partition coefficient (Wildman–Crippen LogP) is 1.11. The van der Waals surface area contributed by atoms with E-state index in [-0.39, 0.29) is 18.1 Å². The third-order valence-electron chi connectivity index (χ3n) is 2.63. The van der Waals surface area contributed by atoms with Crippen molar-refractivity contribution in [3.63, 3.8) is 0 Å². The van der Waals surface area contributed by atoms with Gasteiger partial charge in [-0.05, 0) is 19.8 Å². The maximum Gasteiger partial charge on any atom is 0.247 e. The van der Waals surface area contributed by atoms with Crippen LogP contribution in [0.1, 0.15) is 33.6 Å². The fraction of sp³-hybridized carbons (Fsp3) is 0.800. The third kappa shape index (κ3) is 1.95. The molecule has 0 saturated carbocycles. The van der Waals surface area contributed by atoms with E-state index in [0.29, 0.717) is 12.4 Å². The summed E-state index contributed by atoms with van der Waals surface area (Å²) < 4.78 is 5.71. The molecule has 1 aliphatic rings. The number of rotatable bonds is 5. The van der Waals surface area contributed by atoms with Crippen LogP contribution in [0, 0.1) is 0 Å². The summed E-state index contributed by atoms with van der Waals surface area (Å²) >= 11 is 0. The fourth-order valence-corrected chi connectivity index (χ4v) is 1.75. The third-order valence-corrected chi connectivity index (χ3v) is 2.63. The highest BCUT2D eigenvalue weighted by Crippen LogP contribution is 2.23. The minimum atomic E-state index is -0.388. The van der Waals surface area contributed by atoms with Gasteiger partial charge in [0, 0.05) is 6.61 Å². The highest BCUT2D eigenvalue weighted by atomic mass is 16.5. The first-order valence-corrected chi connectivity index (χ1v) is 5.17. The van der Waals surface area contributed by atoms with Gasteiger partial charge in [-0.1, -0.05) is 13.8 Å². The van der Waals surface area contributed by atoms with Crippen LogP contribution in [0.2, 0.25) is 0 Å². The predicted molar refractivity (Wildman–Crippen MR) is 55.4 cm³/mol. The number of carbonyl (C=O) groups excluding carboxylic acids is 1. The van der Waals surface area contributed by atoms with E-state index >= 15 is 0 Å². The average molecular weight is 198 g/mol. The van der Waals surface area contributed by atoms with E-state index in [9.17, 15) is 4.79 Å². The molecule has 1 heterocycles. The fourth-order valence-electron chi connectivity index (χ4n) is 1.75. The van der Waals surface area contributed by atoms with E-state index in [1.807, 2.05) is 20.8 Å². The minimum absolute atomic E-state index is 0.0361. The van der Waals surface area contributed by atoms with Crippen LogP contribution in [-0.4, -0.2) is 30.5 Å². The smallest absolute Gasteiger partial charge is 0.247 e. The molecule has 0 fully saturated rings. The topological polar surface area (TPSA) is 50.7 Å². The largest absolute Gasteiger partial charge is 0.367 e. The second-order valence-electron chi connectivity index (χ2n) is 3.35. The summed E-state index contributed by atoms with van der Waals surface area (Å²) in [6.07, 6.45) is 1.66. The van der Waals surface area contributed by atoms with Crippen LogP contribution in [0.5, 0.6) is 0 Å². The summed E-state index contributed by atoms with van der Waals surface area (Å²) in [7, 11) is 0. The lowest BCUT2D eigenvalue weighted by Crippen LogP contribution is -2.47. The first-order chi connectivity index (χ1) is 6.68. The van der Waals surface area contributed by atoms with Crippen LogP contribution in [0.4, 0.5) is 0 Å². The van der Waals surface area contributed by atoms with Gasteiger partial charge in [-0.3, -0.25) is 9.79 Å². The Morgan fingerprint density at radius 2 is 2.07 bits per heavy atom. The number of aliphatic imine (C=N–C) groups is 1. The molecule has 0 aromatic rings. The molecule has 0 unspecified atom stereocenters. The Kier molecular flexibility index (Phi) is 3.63. The van der Waals surface area contributed by atoms with Crippen LogP contribution >= 0.6 is 0 Å². The normalized spacial score (nSPS) is 16.8. The van der Waals surface area contributed by atoms with Crippen LogP contribution in [0.3, 0.4) is 0 Å². The maximum atomic E-state index is 11.1. The Morgan fingerprint density at radius 3 is 2.43 bits per heavy atom. The van der Waals surface area contributed by atoms with E-state index in [4.69, 9.17) is 4.74 Å². The molecule has 80 valence electrons. The monoisotopic (exact) mass is 198 g/mol. The zero-order valence-electron chi connectivity index (χ0n) is 9.09. The molecule has 14 heavy (non-hydrogen) atoms. The van der Waals surface area contributed by atoms with Crippen molar-refractivity contribution in [1.29, 1.82) is 0 Å². The molecular formula is C10H18N2O2. The van der Waals surface area contributed by atoms with Crippen molar-refractivity contribution in [2.24, 2.45) is 4.99 Å². The Bertz CT molecular complexity index is 245. The molecule has 0 aliphatic carbocycles. The first kappa shape index (κ1) is 11.2. The highest BCUT2D eigenvalue weighted by molar-refractivity contribution is 6.07. The van der Waals surface area contributed by atoms with Gasteiger partial charge in [-0.25, -0.2) is 0 Å². The molecule has 0 saturated heterocycles. The molecule has 0 bridgehead atoms. The van der Waals surface area contributed by atoms with Crippen molar-refractivity contribution in [3.8, 4) is 0 Å². The molecule has 0 aromatic carbocycles. The van der Waals surface area contributed by atoms with Crippen molar-refractivity contribution in [3.05, 3.63) is 0 Å². The second-order valence-corrected chi connectivity index (χ2v) is 3.35. The van der Waals surface area contributed by atoms with E-state index < -0.39 is 0 Å². The molecule has 4 heteroatoms. The molecule has 0 spiro atoms. The summed E-state index contributed by atoms with van der Waals surface area (Å²) in [5.74, 6) is 0.667. The van der Waals surface area contributed by atoms with Crippen LogP contribution in [0.15, 0.2) is 4.99 Å². The first-order valence-electron chi connectivity index (χ1n) is 5.17. The molecule has 4 nitrogen and oxygen atoms in total. The van der Waals surface area contributed by atoms with Gasteiger partial charge < -0.3 is 10.1 Å². The zero-order valence-corrected chi connectivity index (χ0v) is 9.09. The van der Waals surface area contributed by atoms with Crippen molar-refractivity contribution >= 4 is 11.7 Å². The van der Waals surface area contributed by atoms with Gasteiger partial charge in [-0.2, -0.15) is 0 Å². The number of hydrogen-bond acceptors (Lipinski definition) is 3. The van der Waals surface area contributed by atoms with Gasteiger partial charge in [0.25, 0.3) is 0 Å². The summed E-state index contributed by atoms with van der Waals surface area (Å²) in [5, 5.41) is 2.77. The molecule has 0 atom stereocenters. The van der Waals surface area contributed by atoms with Crippen molar-refractivity contribution in [1.82, 2.24) is 5.32 Å². The SMILES string of the molecule is CCOC(CC)(CC)C1=NCC(=O)N1. The van der Waals surface area contributed by atoms with Crippen molar-refractivity contribution < 1.29 is 9.53 Å². The summed E-state index contributed by atoms with van der Waals surface area (Å²) in [6, 6.07) is 0. The van der Waals surface area contributed by atoms with Gasteiger partial charge in [0.1, 0.15) is 18.0 Å². The lowest BCUT2D eigenvalue weighted by molar-refractivity contribution is -0.117. The number of carbonyl (C=O) groups is 1. The van der Waals surface area contributed by atoms with Gasteiger partial charge in [-0.15, -0.1) is 0 Å². The number of ether oxygens (including phenoxy) is 1. The van der Waals surface area contributed by atoms with E-state index in [0.717, 1.165) is 12.8 Å². The number of hydrogen-bond donors (Lipinski definition) is 1. The van der Waals surface area contributed by atoms with Crippen molar-refractivity contribution in [2.75, 3.05) is 13.2 Å². The molecule has 0 aromatic heterocycles. The highest BCUT2D eigenvalue weighted by Gasteiger charge is 2.36. The summed E-state index contributed by atoms with van der Waals surface area (Å²) in [4.78, 5) is 15.2. The number of nitrogens with one attached hydrogen (secondary N) is 1. The molecule has 1 amide bonds. The molecule has 1 aliphatic heterocycles. The minimum Gasteiger partial charge on any atom is -0.367 e. The van der Waals surface area contributed by atoms with Crippen LogP contribution < -0.4 is 5.32 Å². The molecule has 0 radical (unpaired) electrons. The van der Waals surface area contributed by atoms with Crippen LogP contribution in [-0.2, 0) is 9.53 Å². The standard InChI is InChI=1S/C10H18N2O2/c1-4-10(5-2,14-6-3)9-11-7-8(13)12-9/h4-7H2,1-3H3,(H,11,12,13). The quantitative estimate of drug-likeness (QED) is 0.719. The Labute approximate surface area is 84.7 Å². The van der Waals surface area contributed by atoms with E-state index in [2.05, 4.69) is 10.3 Å². The second kappa shape index (κ2) is 4.55. The number of amides is 1. The molecular weight excluding hydrogens is 180 g/mol. The van der Waals surface area contributed by atoms with Gasteiger partial charge in [0.2, 0.25) is 5.91 Å². The zero-order chi connectivity index (χ0) is 10.6. The van der Waals surface area contributed by atoms with Crippen molar-refractivity contribution in [2.45, 2.75) is 39.2 Å². The Morgan fingerprint density at radius 1 is 1.43 bits per heavy atom.